The van der Waals surface area contributed by atoms with Crippen molar-refractivity contribution >= 4 is 15.9 Å². The van der Waals surface area contributed by atoms with E-state index in [1.807, 2.05) is 0 Å². The molecule has 0 N–H and O–H groups in total. The summed E-state index contributed by atoms with van der Waals surface area (Å²) in [5, 5.41) is 7.04. The average Bonchev–Trinajstić information content (AvgIpc) is 1.86. The first-order valence-electron chi connectivity index (χ1n) is 3.50. The number of aryl methyl sites for hydroxylation is 1. The van der Waals surface area contributed by atoms with Gasteiger partial charge in [0.1, 0.15) is 4.60 Å². The van der Waals surface area contributed by atoms with Gasteiger partial charge in [-0.25, -0.2) is 0 Å². The lowest BCUT2D eigenvalue weighted by Gasteiger charge is -1.86. The number of nitrogens with zero attached hydrogens (tertiary/aromatic N) is 2. The predicted octanol–water partition coefficient (Wildman–Crippen LogP) is 1.55. The molecule has 0 aromatic carbocycles. The van der Waals surface area contributed by atoms with Gasteiger partial charge in [-0.1, -0.05) is 0 Å². The average molecular weight is 177 g/mol. The highest BCUT2D eigenvalue weighted by Gasteiger charge is 1.84. The van der Waals surface area contributed by atoms with Gasteiger partial charge in [0.15, 0.2) is 0 Å². The first-order chi connectivity index (χ1) is 5.00. The quantitative estimate of drug-likeness (QED) is 0.561. The van der Waals surface area contributed by atoms with Gasteiger partial charge in [-0.05, 0) is 34.9 Å². The lowest BCUT2D eigenvalue weighted by Crippen LogP contribution is -1.83. The smallest absolute Gasteiger partial charge is 0.128 e. The fourth-order valence-corrected chi connectivity index (χ4v) is 0.527. The highest BCUT2D eigenvalue weighted by molar-refractivity contribution is 9.10. The molecule has 1 aromatic rings. The molecule has 1 aromatic heterocycles. The van der Waals surface area contributed by atoms with E-state index in [0.29, 0.717) is 4.60 Å². The molecule has 0 bridgehead atoms. The van der Waals surface area contributed by atoms with Gasteiger partial charge in [-0.2, -0.15) is 5.10 Å². The van der Waals surface area contributed by atoms with Crippen LogP contribution in [0.5, 0.6) is 0 Å². The van der Waals surface area contributed by atoms with Crippen molar-refractivity contribution in [1.29, 1.82) is 0 Å². The Bertz CT molecular complexity index is 243. The summed E-state index contributed by atoms with van der Waals surface area (Å²) in [6, 6.07) is 2.97. The Balaban J connectivity index is 2.99. The molecule has 1 heterocycles. The molecule has 0 fully saturated rings. The summed E-state index contributed by atoms with van der Waals surface area (Å²) in [7, 11) is 0. The van der Waals surface area contributed by atoms with E-state index in [0.717, 1.165) is 0 Å². The molecule has 0 aliphatic rings. The molecule has 0 saturated carbocycles. The molecule has 0 unspecified atom stereocenters. The molecular weight excluding hydrogens is 169 g/mol. The van der Waals surface area contributed by atoms with Crippen molar-refractivity contribution in [2.75, 3.05) is 0 Å². The van der Waals surface area contributed by atoms with E-state index < -0.39 is 6.85 Å². The van der Waals surface area contributed by atoms with Crippen molar-refractivity contribution in [2.45, 2.75) is 6.85 Å². The van der Waals surface area contributed by atoms with Crippen LogP contribution in [0, 0.1) is 6.85 Å². The maximum Gasteiger partial charge on any atom is 0.128 e. The van der Waals surface area contributed by atoms with Gasteiger partial charge in [0.2, 0.25) is 0 Å². The van der Waals surface area contributed by atoms with Crippen molar-refractivity contribution in [1.82, 2.24) is 10.2 Å². The van der Waals surface area contributed by atoms with E-state index in [2.05, 4.69) is 26.1 Å². The minimum Gasteiger partial charge on any atom is -0.155 e. The van der Waals surface area contributed by atoms with Crippen LogP contribution in [0.3, 0.4) is 0 Å². The number of rotatable bonds is 0. The van der Waals surface area contributed by atoms with Crippen LogP contribution in [0.4, 0.5) is 0 Å². The van der Waals surface area contributed by atoms with Gasteiger partial charge in [0, 0.05) is 4.11 Å². The highest BCUT2D eigenvalue weighted by atomic mass is 79.9. The maximum atomic E-state index is 6.96. The standard InChI is InChI=1S/C5H5BrN2/c1-4-2-3-5(6)8-7-4/h2-3H,1H3/i1+1D3. The van der Waals surface area contributed by atoms with Crippen LogP contribution in [-0.4, -0.2) is 10.2 Å². The topological polar surface area (TPSA) is 25.8 Å². The van der Waals surface area contributed by atoms with E-state index in [9.17, 15) is 0 Å². The first kappa shape index (κ1) is 2.92. The van der Waals surface area contributed by atoms with E-state index in [4.69, 9.17) is 4.11 Å². The van der Waals surface area contributed by atoms with Gasteiger partial charge in [0.25, 0.3) is 0 Å². The minimum atomic E-state index is -2.16. The van der Waals surface area contributed by atoms with Gasteiger partial charge in [-0.3, -0.25) is 0 Å². The highest BCUT2D eigenvalue weighted by Crippen LogP contribution is 2.01. The van der Waals surface area contributed by atoms with Crippen molar-refractivity contribution in [3.05, 3.63) is 22.4 Å². The SMILES string of the molecule is [2H][13C]([2H])([2H])c1ccc(Br)nn1. The van der Waals surface area contributed by atoms with Gasteiger partial charge in [0.05, 0.1) is 5.69 Å². The fraction of sp³-hybridized carbons (Fsp3) is 0.200. The fourth-order valence-electron chi connectivity index (χ4n) is 0.316. The Morgan fingerprint density at radius 3 is 3.00 bits per heavy atom. The molecule has 0 atom stereocenters. The van der Waals surface area contributed by atoms with Crippen LogP contribution in [0.1, 0.15) is 9.81 Å². The van der Waals surface area contributed by atoms with E-state index in [1.54, 1.807) is 6.07 Å². The Hall–Kier alpha value is -0.440. The van der Waals surface area contributed by atoms with Crippen LogP contribution < -0.4 is 0 Å². The molecule has 0 radical (unpaired) electrons. The molecule has 8 heavy (non-hydrogen) atoms. The number of hydrogen-bond donors (Lipinski definition) is 0. The molecule has 42 valence electrons. The molecule has 0 spiro atoms. The second kappa shape index (κ2) is 2.22. The maximum absolute atomic E-state index is 6.96. The van der Waals surface area contributed by atoms with Crippen LogP contribution in [0.25, 0.3) is 0 Å². The van der Waals surface area contributed by atoms with Crippen molar-refractivity contribution in [3.8, 4) is 0 Å². The zero-order valence-corrected chi connectivity index (χ0v) is 5.51. The van der Waals surface area contributed by atoms with Crippen molar-refractivity contribution < 1.29 is 4.11 Å². The molecule has 2 nitrogen and oxygen atoms in total. The van der Waals surface area contributed by atoms with Gasteiger partial charge in [-0.15, -0.1) is 5.10 Å². The Morgan fingerprint density at radius 1 is 1.62 bits per heavy atom. The lowest BCUT2D eigenvalue weighted by atomic mass is 10.5. The van der Waals surface area contributed by atoms with Crippen molar-refractivity contribution in [2.24, 2.45) is 0 Å². The zero-order chi connectivity index (χ0) is 8.48. The lowest BCUT2D eigenvalue weighted by molar-refractivity contribution is 0.959. The summed E-state index contributed by atoms with van der Waals surface area (Å²) in [4.78, 5) is 0. The third-order valence-electron chi connectivity index (χ3n) is 0.632. The van der Waals surface area contributed by atoms with Crippen LogP contribution >= 0.6 is 15.9 Å². The monoisotopic (exact) mass is 176 g/mol. The molecule has 1 rings (SSSR count). The number of aromatic nitrogens is 2. The van der Waals surface area contributed by atoms with Crippen LogP contribution in [0.15, 0.2) is 16.7 Å². The zero-order valence-electron chi connectivity index (χ0n) is 6.93. The second-order valence-electron chi connectivity index (χ2n) is 1.24. The summed E-state index contributed by atoms with van der Waals surface area (Å²) < 4.78 is 21.4. The molecule has 0 amide bonds. The third kappa shape index (κ3) is 1.26. The van der Waals surface area contributed by atoms with Gasteiger partial charge < -0.3 is 0 Å². The molecule has 3 heteroatoms. The molecular formula is C5H5BrN2. The van der Waals surface area contributed by atoms with E-state index >= 15 is 0 Å². The normalized spacial score (nSPS) is 16.4. The largest absolute Gasteiger partial charge is 0.155 e. The van der Waals surface area contributed by atoms with E-state index in [-0.39, 0.29) is 5.69 Å². The Morgan fingerprint density at radius 2 is 2.50 bits per heavy atom. The number of halogens is 1. The Labute approximate surface area is 60.3 Å². The van der Waals surface area contributed by atoms with Crippen LogP contribution in [-0.2, 0) is 0 Å². The van der Waals surface area contributed by atoms with Gasteiger partial charge >= 0.3 is 0 Å². The summed E-state index contributed by atoms with van der Waals surface area (Å²) >= 11 is 3.05. The second-order valence-corrected chi connectivity index (χ2v) is 2.05. The summed E-state index contributed by atoms with van der Waals surface area (Å²) in [6.45, 7) is -2.16. The molecule has 0 saturated heterocycles. The Kier molecular flexibility index (Phi) is 0.809. The summed E-state index contributed by atoms with van der Waals surface area (Å²) in [6.07, 6.45) is 0. The molecule has 0 aliphatic carbocycles. The van der Waals surface area contributed by atoms with E-state index in [1.165, 1.54) is 6.07 Å². The molecule has 0 aliphatic heterocycles. The van der Waals surface area contributed by atoms with Crippen molar-refractivity contribution in [3.63, 3.8) is 0 Å². The summed E-state index contributed by atoms with van der Waals surface area (Å²) in [5.41, 5.74) is 0.0145. The third-order valence-corrected chi connectivity index (χ3v) is 1.05. The first-order valence-corrected chi connectivity index (χ1v) is 2.79. The number of hydrogen-bond acceptors (Lipinski definition) is 2. The summed E-state index contributed by atoms with van der Waals surface area (Å²) in [5.74, 6) is 0. The minimum absolute atomic E-state index is 0.0145. The van der Waals surface area contributed by atoms with Crippen LogP contribution in [0.2, 0.25) is 0 Å². The predicted molar refractivity (Wildman–Crippen MR) is 34.5 cm³/mol.